The van der Waals surface area contributed by atoms with E-state index in [4.69, 9.17) is 5.73 Å². The molecule has 0 radical (unpaired) electrons. The van der Waals surface area contributed by atoms with Crippen LogP contribution in [0.4, 0.5) is 0 Å². The number of nitrogens with two attached hydrogens (primary N) is 1. The quantitative estimate of drug-likeness (QED) is 0.518. The van der Waals surface area contributed by atoms with E-state index in [1.165, 1.54) is 38.5 Å². The smallest absolute Gasteiger partial charge is 0.189 e. The van der Waals surface area contributed by atoms with Gasteiger partial charge in [0.2, 0.25) is 0 Å². The zero-order chi connectivity index (χ0) is 15.9. The number of aromatic nitrogens is 2. The van der Waals surface area contributed by atoms with Gasteiger partial charge in [-0.25, -0.2) is 9.67 Å². The maximum Gasteiger partial charge on any atom is 0.189 e. The second kappa shape index (κ2) is 7.81. The van der Waals surface area contributed by atoms with Crippen molar-refractivity contribution in [2.24, 2.45) is 10.7 Å². The van der Waals surface area contributed by atoms with Crippen LogP contribution in [0.5, 0.6) is 0 Å². The molecule has 1 aromatic heterocycles. The fraction of sp³-hybridized carbons (Fsp3) is 0.444. The largest absolute Gasteiger partial charge is 0.370 e. The highest BCUT2D eigenvalue weighted by molar-refractivity contribution is 5.78. The van der Waals surface area contributed by atoms with Crippen molar-refractivity contribution in [3.63, 3.8) is 0 Å². The Morgan fingerprint density at radius 3 is 2.70 bits per heavy atom. The van der Waals surface area contributed by atoms with Crippen molar-refractivity contribution in [3.8, 4) is 5.69 Å². The molecular weight excluding hydrogens is 286 g/mol. The van der Waals surface area contributed by atoms with Crippen molar-refractivity contribution in [2.75, 3.05) is 0 Å². The van der Waals surface area contributed by atoms with Crippen LogP contribution in [-0.4, -0.2) is 21.8 Å². The molecule has 0 aliphatic heterocycles. The monoisotopic (exact) mass is 311 g/mol. The van der Waals surface area contributed by atoms with Crippen molar-refractivity contribution >= 4 is 5.96 Å². The number of benzene rings is 1. The van der Waals surface area contributed by atoms with Gasteiger partial charge in [0.15, 0.2) is 5.96 Å². The summed E-state index contributed by atoms with van der Waals surface area (Å²) in [7, 11) is 0. The number of guanidine groups is 1. The first kappa shape index (κ1) is 15.6. The average molecular weight is 311 g/mol. The molecule has 5 heteroatoms. The predicted octanol–water partition coefficient (Wildman–Crippen LogP) is 3.00. The Morgan fingerprint density at radius 1 is 1.17 bits per heavy atom. The molecule has 0 atom stereocenters. The topological polar surface area (TPSA) is 68.2 Å². The van der Waals surface area contributed by atoms with Crippen LogP contribution >= 0.6 is 0 Å². The molecule has 3 N–H and O–H groups in total. The molecule has 23 heavy (non-hydrogen) atoms. The minimum Gasteiger partial charge on any atom is -0.370 e. The van der Waals surface area contributed by atoms with Gasteiger partial charge in [-0.05, 0) is 30.5 Å². The summed E-state index contributed by atoms with van der Waals surface area (Å²) >= 11 is 0. The van der Waals surface area contributed by atoms with Gasteiger partial charge in [-0.2, -0.15) is 5.10 Å². The zero-order valence-electron chi connectivity index (χ0n) is 13.5. The van der Waals surface area contributed by atoms with E-state index in [0.29, 0.717) is 18.5 Å². The van der Waals surface area contributed by atoms with Crippen LogP contribution in [0.15, 0.2) is 47.7 Å². The molecule has 2 aromatic rings. The summed E-state index contributed by atoms with van der Waals surface area (Å²) < 4.78 is 1.86. The number of hydrogen-bond acceptors (Lipinski definition) is 2. The van der Waals surface area contributed by atoms with Crippen molar-refractivity contribution in [2.45, 2.75) is 51.1 Å². The first-order valence-electron chi connectivity index (χ1n) is 8.47. The Kier molecular flexibility index (Phi) is 5.29. The molecule has 0 bridgehead atoms. The SMILES string of the molecule is NC(=NCc1ccccc1-n1cccn1)NC1CCCCCC1. The first-order valence-corrected chi connectivity index (χ1v) is 8.47. The Balaban J connectivity index is 1.65. The maximum atomic E-state index is 6.09. The van der Waals surface area contributed by atoms with Crippen LogP contribution in [0, 0.1) is 0 Å². The van der Waals surface area contributed by atoms with Crippen LogP contribution in [-0.2, 0) is 6.54 Å². The normalized spacial score (nSPS) is 17.0. The molecule has 122 valence electrons. The van der Waals surface area contributed by atoms with E-state index in [1.54, 1.807) is 6.20 Å². The fourth-order valence-electron chi connectivity index (χ4n) is 3.13. The van der Waals surface area contributed by atoms with E-state index in [-0.39, 0.29) is 0 Å². The molecule has 3 rings (SSSR count). The van der Waals surface area contributed by atoms with Gasteiger partial charge >= 0.3 is 0 Å². The molecule has 1 aromatic carbocycles. The van der Waals surface area contributed by atoms with Crippen LogP contribution in [0.25, 0.3) is 5.69 Å². The lowest BCUT2D eigenvalue weighted by Gasteiger charge is -2.17. The number of nitrogens with one attached hydrogen (secondary N) is 1. The Bertz CT molecular complexity index is 625. The minimum absolute atomic E-state index is 0.475. The summed E-state index contributed by atoms with van der Waals surface area (Å²) in [4.78, 5) is 4.53. The van der Waals surface area contributed by atoms with Gasteiger partial charge in [-0.1, -0.05) is 43.9 Å². The van der Waals surface area contributed by atoms with Crippen LogP contribution in [0.2, 0.25) is 0 Å². The molecule has 0 spiro atoms. The van der Waals surface area contributed by atoms with Gasteiger partial charge in [0.25, 0.3) is 0 Å². The summed E-state index contributed by atoms with van der Waals surface area (Å²) in [5.41, 5.74) is 8.25. The second-order valence-electron chi connectivity index (χ2n) is 6.11. The fourth-order valence-corrected chi connectivity index (χ4v) is 3.13. The second-order valence-corrected chi connectivity index (χ2v) is 6.11. The Morgan fingerprint density at radius 2 is 1.96 bits per heavy atom. The van der Waals surface area contributed by atoms with Gasteiger partial charge in [-0.15, -0.1) is 0 Å². The molecule has 1 aliphatic rings. The van der Waals surface area contributed by atoms with Crippen molar-refractivity contribution in [1.29, 1.82) is 0 Å². The molecule has 1 saturated carbocycles. The lowest BCUT2D eigenvalue weighted by Crippen LogP contribution is -2.39. The van der Waals surface area contributed by atoms with Gasteiger partial charge in [-0.3, -0.25) is 0 Å². The number of nitrogens with zero attached hydrogens (tertiary/aromatic N) is 3. The molecule has 0 amide bonds. The van der Waals surface area contributed by atoms with Crippen LogP contribution in [0.3, 0.4) is 0 Å². The minimum atomic E-state index is 0.475. The first-order chi connectivity index (χ1) is 11.3. The van der Waals surface area contributed by atoms with E-state index >= 15 is 0 Å². The predicted molar refractivity (Wildman–Crippen MR) is 93.5 cm³/mol. The van der Waals surface area contributed by atoms with E-state index in [0.717, 1.165) is 11.3 Å². The van der Waals surface area contributed by atoms with E-state index in [9.17, 15) is 0 Å². The van der Waals surface area contributed by atoms with Crippen molar-refractivity contribution in [1.82, 2.24) is 15.1 Å². The maximum absolute atomic E-state index is 6.09. The molecule has 0 unspecified atom stereocenters. The van der Waals surface area contributed by atoms with E-state index in [1.807, 2.05) is 35.1 Å². The molecular formula is C18H25N5. The molecule has 1 aliphatic carbocycles. The highest BCUT2D eigenvalue weighted by Gasteiger charge is 2.12. The van der Waals surface area contributed by atoms with E-state index < -0.39 is 0 Å². The van der Waals surface area contributed by atoms with Gasteiger partial charge in [0.05, 0.1) is 12.2 Å². The molecule has 5 nitrogen and oxygen atoms in total. The lowest BCUT2D eigenvalue weighted by molar-refractivity contribution is 0.530. The standard InChI is InChI=1S/C18H25N5/c19-18(22-16-9-3-1-2-4-10-16)20-14-15-8-5-6-11-17(15)23-13-7-12-21-23/h5-8,11-13,16H,1-4,9-10,14H2,(H3,19,20,22). The van der Waals surface area contributed by atoms with Gasteiger partial charge in [0.1, 0.15) is 0 Å². The number of rotatable bonds is 4. The molecule has 0 saturated heterocycles. The lowest BCUT2D eigenvalue weighted by atomic mass is 10.1. The van der Waals surface area contributed by atoms with Crippen molar-refractivity contribution in [3.05, 3.63) is 48.3 Å². The zero-order valence-corrected chi connectivity index (χ0v) is 13.5. The number of hydrogen-bond donors (Lipinski definition) is 2. The van der Waals surface area contributed by atoms with Gasteiger partial charge in [0, 0.05) is 18.4 Å². The highest BCUT2D eigenvalue weighted by Crippen LogP contribution is 2.17. The van der Waals surface area contributed by atoms with Gasteiger partial charge < -0.3 is 11.1 Å². The Labute approximate surface area is 137 Å². The highest BCUT2D eigenvalue weighted by atomic mass is 15.3. The average Bonchev–Trinajstić information content (AvgIpc) is 2.99. The summed E-state index contributed by atoms with van der Waals surface area (Å²) in [6, 6.07) is 10.5. The third-order valence-electron chi connectivity index (χ3n) is 4.37. The van der Waals surface area contributed by atoms with Crippen molar-refractivity contribution < 1.29 is 0 Å². The third kappa shape index (κ3) is 4.34. The van der Waals surface area contributed by atoms with E-state index in [2.05, 4.69) is 21.5 Å². The number of para-hydroxylation sites is 1. The Hall–Kier alpha value is -2.30. The van der Waals surface area contributed by atoms with Crippen LogP contribution in [0.1, 0.15) is 44.1 Å². The summed E-state index contributed by atoms with van der Waals surface area (Å²) in [5.74, 6) is 0.548. The number of aliphatic imine (C=N–C) groups is 1. The summed E-state index contributed by atoms with van der Waals surface area (Å²) in [6.45, 7) is 0.557. The molecule has 1 heterocycles. The summed E-state index contributed by atoms with van der Waals surface area (Å²) in [6.07, 6.45) is 11.4. The molecule has 1 fully saturated rings. The third-order valence-corrected chi connectivity index (χ3v) is 4.37. The summed E-state index contributed by atoms with van der Waals surface area (Å²) in [5, 5.41) is 7.69. The van der Waals surface area contributed by atoms with Crippen LogP contribution < -0.4 is 11.1 Å².